The van der Waals surface area contributed by atoms with Gasteiger partial charge in [-0.3, -0.25) is 4.79 Å². The zero-order chi connectivity index (χ0) is 17.1. The van der Waals surface area contributed by atoms with Gasteiger partial charge in [0, 0.05) is 17.1 Å². The van der Waals surface area contributed by atoms with Crippen LogP contribution in [0.1, 0.15) is 5.01 Å². The number of benzene rings is 2. The minimum atomic E-state index is -0.148. The Bertz CT molecular complexity index is 829. The molecule has 0 aliphatic carbocycles. The van der Waals surface area contributed by atoms with Crippen molar-refractivity contribution in [3.8, 4) is 5.75 Å². The molecule has 0 unspecified atom stereocenters. The van der Waals surface area contributed by atoms with Crippen LogP contribution >= 0.6 is 34.5 Å². The van der Waals surface area contributed by atoms with E-state index in [-0.39, 0.29) is 12.5 Å². The van der Waals surface area contributed by atoms with Gasteiger partial charge in [0.05, 0.1) is 16.8 Å². The number of aromatic nitrogens is 1. The molecule has 7 heteroatoms. The summed E-state index contributed by atoms with van der Waals surface area (Å²) in [5, 5.41) is 1.82. The first kappa shape index (κ1) is 17.0. The standard InChI is InChI=1S/C17H14Cl2N2O2S/c1-21(9-16-20-14-4-2-3-5-15(14)24-16)17(22)10-23-13-7-11(18)6-12(19)8-13/h2-8H,9-10H2,1H3. The van der Waals surface area contributed by atoms with Crippen LogP contribution in [0.5, 0.6) is 5.75 Å². The molecule has 2 aromatic carbocycles. The number of fused-ring (bicyclic) bond motifs is 1. The van der Waals surface area contributed by atoms with E-state index in [1.807, 2.05) is 24.3 Å². The Labute approximate surface area is 153 Å². The lowest BCUT2D eigenvalue weighted by molar-refractivity contribution is -0.132. The second-order valence-electron chi connectivity index (χ2n) is 5.22. The topological polar surface area (TPSA) is 42.4 Å². The molecule has 1 heterocycles. The van der Waals surface area contributed by atoms with E-state index >= 15 is 0 Å². The molecule has 0 spiro atoms. The third-order valence-electron chi connectivity index (χ3n) is 3.33. The summed E-state index contributed by atoms with van der Waals surface area (Å²) in [7, 11) is 1.72. The van der Waals surface area contributed by atoms with Crippen molar-refractivity contribution < 1.29 is 9.53 Å². The van der Waals surface area contributed by atoms with Crippen LogP contribution in [0.25, 0.3) is 10.2 Å². The summed E-state index contributed by atoms with van der Waals surface area (Å²) in [4.78, 5) is 18.3. The number of ether oxygens (including phenoxy) is 1. The van der Waals surface area contributed by atoms with Crippen molar-refractivity contribution in [3.05, 3.63) is 57.5 Å². The zero-order valence-electron chi connectivity index (χ0n) is 12.8. The van der Waals surface area contributed by atoms with Crippen LogP contribution in [0.3, 0.4) is 0 Å². The summed E-state index contributed by atoms with van der Waals surface area (Å²) in [6.45, 7) is 0.357. The summed E-state index contributed by atoms with van der Waals surface area (Å²) >= 11 is 13.4. The third kappa shape index (κ3) is 4.17. The molecular weight excluding hydrogens is 367 g/mol. The fourth-order valence-electron chi connectivity index (χ4n) is 2.15. The summed E-state index contributed by atoms with van der Waals surface area (Å²) < 4.78 is 6.58. The number of amides is 1. The Kier molecular flexibility index (Phi) is 5.23. The Morgan fingerprint density at radius 3 is 2.62 bits per heavy atom. The molecule has 124 valence electrons. The summed E-state index contributed by atoms with van der Waals surface area (Å²) in [5.41, 5.74) is 0.947. The molecule has 0 saturated heterocycles. The number of para-hydroxylation sites is 1. The number of halogens is 2. The Morgan fingerprint density at radius 2 is 1.92 bits per heavy atom. The number of hydrogen-bond donors (Lipinski definition) is 0. The van der Waals surface area contributed by atoms with Crippen LogP contribution in [0.4, 0.5) is 0 Å². The van der Waals surface area contributed by atoms with E-state index in [4.69, 9.17) is 27.9 Å². The van der Waals surface area contributed by atoms with Crippen LogP contribution in [0.15, 0.2) is 42.5 Å². The van der Waals surface area contributed by atoms with Gasteiger partial charge in [0.25, 0.3) is 5.91 Å². The van der Waals surface area contributed by atoms with Gasteiger partial charge in [-0.15, -0.1) is 11.3 Å². The number of hydrogen-bond acceptors (Lipinski definition) is 4. The van der Waals surface area contributed by atoms with Crippen LogP contribution in [0, 0.1) is 0 Å². The Hall–Kier alpha value is -1.82. The van der Waals surface area contributed by atoms with Gasteiger partial charge in [-0.25, -0.2) is 4.98 Å². The quantitative estimate of drug-likeness (QED) is 0.647. The smallest absolute Gasteiger partial charge is 0.260 e. The van der Waals surface area contributed by atoms with E-state index in [9.17, 15) is 4.79 Å². The molecular formula is C17H14Cl2N2O2S. The van der Waals surface area contributed by atoms with E-state index in [1.54, 1.807) is 41.5 Å². The Morgan fingerprint density at radius 1 is 1.21 bits per heavy atom. The van der Waals surface area contributed by atoms with Crippen molar-refractivity contribution in [2.45, 2.75) is 6.54 Å². The van der Waals surface area contributed by atoms with Gasteiger partial charge in [-0.1, -0.05) is 35.3 Å². The molecule has 0 bridgehead atoms. The fraction of sp³-hybridized carbons (Fsp3) is 0.176. The molecule has 0 fully saturated rings. The number of likely N-dealkylation sites (N-methyl/N-ethyl adjacent to an activating group) is 1. The van der Waals surface area contributed by atoms with Crippen LogP contribution < -0.4 is 4.74 Å². The average molecular weight is 381 g/mol. The van der Waals surface area contributed by atoms with E-state index in [2.05, 4.69) is 4.98 Å². The maximum atomic E-state index is 12.2. The predicted octanol–water partition coefficient (Wildman–Crippen LogP) is 4.64. The van der Waals surface area contributed by atoms with Crippen molar-refractivity contribution in [3.63, 3.8) is 0 Å². The van der Waals surface area contributed by atoms with Gasteiger partial charge in [-0.05, 0) is 30.3 Å². The third-order valence-corrected chi connectivity index (χ3v) is 4.79. The van der Waals surface area contributed by atoms with E-state index in [1.165, 1.54) is 0 Å². The predicted molar refractivity (Wildman–Crippen MR) is 98.1 cm³/mol. The average Bonchev–Trinajstić information content (AvgIpc) is 2.93. The highest BCUT2D eigenvalue weighted by Crippen LogP contribution is 2.24. The molecule has 0 saturated carbocycles. The molecule has 1 amide bonds. The maximum absolute atomic E-state index is 12.2. The van der Waals surface area contributed by atoms with Crippen LogP contribution in [0.2, 0.25) is 10.0 Å². The van der Waals surface area contributed by atoms with Gasteiger partial charge in [-0.2, -0.15) is 0 Å². The largest absolute Gasteiger partial charge is 0.484 e. The monoisotopic (exact) mass is 380 g/mol. The lowest BCUT2D eigenvalue weighted by Gasteiger charge is -2.16. The molecule has 0 radical (unpaired) electrons. The number of carbonyl (C=O) groups is 1. The first-order valence-corrected chi connectivity index (χ1v) is 8.76. The summed E-state index contributed by atoms with van der Waals surface area (Å²) in [6.07, 6.45) is 0. The Balaban J connectivity index is 1.60. The fourth-order valence-corrected chi connectivity index (χ4v) is 3.67. The van der Waals surface area contributed by atoms with Crippen LogP contribution in [-0.2, 0) is 11.3 Å². The van der Waals surface area contributed by atoms with Crippen molar-refractivity contribution in [1.82, 2.24) is 9.88 Å². The highest BCUT2D eigenvalue weighted by Gasteiger charge is 2.13. The molecule has 0 aliphatic rings. The number of carbonyl (C=O) groups excluding carboxylic acids is 1. The molecule has 3 rings (SSSR count). The minimum Gasteiger partial charge on any atom is -0.484 e. The molecule has 3 aromatic rings. The summed E-state index contributed by atoms with van der Waals surface area (Å²) in [5.74, 6) is 0.319. The van der Waals surface area contributed by atoms with E-state index in [0.717, 1.165) is 15.2 Å². The second kappa shape index (κ2) is 7.38. The first-order valence-electron chi connectivity index (χ1n) is 7.18. The second-order valence-corrected chi connectivity index (χ2v) is 7.21. The SMILES string of the molecule is CN(Cc1nc2ccccc2s1)C(=O)COc1cc(Cl)cc(Cl)c1. The highest BCUT2D eigenvalue weighted by atomic mass is 35.5. The van der Waals surface area contributed by atoms with Crippen molar-refractivity contribution in [2.24, 2.45) is 0 Å². The lowest BCUT2D eigenvalue weighted by atomic mass is 10.3. The van der Waals surface area contributed by atoms with E-state index in [0.29, 0.717) is 22.3 Å². The molecule has 1 aromatic heterocycles. The molecule has 0 aliphatic heterocycles. The lowest BCUT2D eigenvalue weighted by Crippen LogP contribution is -2.30. The minimum absolute atomic E-state index is 0.0853. The zero-order valence-corrected chi connectivity index (χ0v) is 15.2. The number of nitrogens with zero attached hydrogens (tertiary/aromatic N) is 2. The highest BCUT2D eigenvalue weighted by molar-refractivity contribution is 7.18. The molecule has 24 heavy (non-hydrogen) atoms. The van der Waals surface area contributed by atoms with Gasteiger partial charge < -0.3 is 9.64 Å². The van der Waals surface area contributed by atoms with E-state index < -0.39 is 0 Å². The number of thiazole rings is 1. The maximum Gasteiger partial charge on any atom is 0.260 e. The normalized spacial score (nSPS) is 10.8. The van der Waals surface area contributed by atoms with Gasteiger partial charge in [0.15, 0.2) is 6.61 Å². The van der Waals surface area contributed by atoms with Crippen molar-refractivity contribution in [1.29, 1.82) is 0 Å². The van der Waals surface area contributed by atoms with Crippen molar-refractivity contribution >= 4 is 50.7 Å². The van der Waals surface area contributed by atoms with Gasteiger partial charge in [0.1, 0.15) is 10.8 Å². The molecule has 0 atom stereocenters. The summed E-state index contributed by atoms with van der Waals surface area (Å²) in [6, 6.07) is 12.8. The first-order chi connectivity index (χ1) is 11.5. The van der Waals surface area contributed by atoms with Crippen molar-refractivity contribution in [2.75, 3.05) is 13.7 Å². The molecule has 0 N–H and O–H groups in total. The molecule has 4 nitrogen and oxygen atoms in total. The van der Waals surface area contributed by atoms with Gasteiger partial charge in [0.2, 0.25) is 0 Å². The van der Waals surface area contributed by atoms with Crippen LogP contribution in [-0.4, -0.2) is 29.4 Å². The van der Waals surface area contributed by atoms with Gasteiger partial charge >= 0.3 is 0 Å². The number of rotatable bonds is 5.